The van der Waals surface area contributed by atoms with Crippen LogP contribution in [0.2, 0.25) is 0 Å². The van der Waals surface area contributed by atoms with Crippen molar-refractivity contribution >= 4 is 30.0 Å². The maximum absolute atomic E-state index is 12.1. The Kier molecular flexibility index (Phi) is 9.19. The zero-order valence-electron chi connectivity index (χ0n) is 13.9. The van der Waals surface area contributed by atoms with Crippen LogP contribution < -0.4 is 15.4 Å². The Bertz CT molecular complexity index is 516. The van der Waals surface area contributed by atoms with Crippen LogP contribution in [-0.4, -0.2) is 38.7 Å². The van der Waals surface area contributed by atoms with Crippen molar-refractivity contribution in [1.82, 2.24) is 5.32 Å². The molecule has 1 aliphatic heterocycles. The van der Waals surface area contributed by atoms with Gasteiger partial charge in [0.1, 0.15) is 5.75 Å². The third kappa shape index (κ3) is 6.76. The lowest BCUT2D eigenvalue weighted by molar-refractivity contribution is -0.140. The monoisotopic (exact) mass is 356 g/mol. The van der Waals surface area contributed by atoms with Gasteiger partial charge in [0.05, 0.1) is 19.6 Å². The first-order chi connectivity index (χ1) is 11.2. The number of esters is 1. The fourth-order valence-electron chi connectivity index (χ4n) is 2.46. The molecule has 1 aromatic carbocycles. The van der Waals surface area contributed by atoms with E-state index in [1.54, 1.807) is 0 Å². The molecule has 1 atom stereocenters. The fourth-order valence-corrected chi connectivity index (χ4v) is 2.46. The largest absolute Gasteiger partial charge is 0.494 e. The van der Waals surface area contributed by atoms with E-state index in [2.05, 4.69) is 15.4 Å². The summed E-state index contributed by atoms with van der Waals surface area (Å²) in [6.45, 7) is 2.19. The minimum atomic E-state index is -0.233. The van der Waals surface area contributed by atoms with E-state index in [4.69, 9.17) is 4.74 Å². The van der Waals surface area contributed by atoms with Crippen molar-refractivity contribution < 1.29 is 19.1 Å². The molecule has 1 amide bonds. The van der Waals surface area contributed by atoms with Gasteiger partial charge >= 0.3 is 5.97 Å². The van der Waals surface area contributed by atoms with Crippen LogP contribution in [0.5, 0.6) is 5.75 Å². The minimum absolute atomic E-state index is 0. The van der Waals surface area contributed by atoms with E-state index in [0.717, 1.165) is 31.6 Å². The van der Waals surface area contributed by atoms with E-state index < -0.39 is 0 Å². The molecule has 0 bridgehead atoms. The third-order valence-electron chi connectivity index (χ3n) is 3.81. The second kappa shape index (κ2) is 10.9. The highest BCUT2D eigenvalue weighted by molar-refractivity contribution is 5.92. The molecule has 6 nitrogen and oxygen atoms in total. The fraction of sp³-hybridized carbons (Fsp3) is 0.529. The van der Waals surface area contributed by atoms with E-state index in [1.807, 2.05) is 24.3 Å². The molecule has 0 spiro atoms. The Balaban J connectivity index is 0.00000288. The molecule has 1 fully saturated rings. The van der Waals surface area contributed by atoms with Gasteiger partial charge in [-0.1, -0.05) is 0 Å². The summed E-state index contributed by atoms with van der Waals surface area (Å²) in [6, 6.07) is 7.27. The SMILES string of the molecule is COC(=O)CCCOc1ccc(NC(=O)C2CCCNC2)cc1.Cl. The number of ether oxygens (including phenoxy) is 2. The number of carbonyl (C=O) groups excluding carboxylic acids is 2. The van der Waals surface area contributed by atoms with Crippen LogP contribution in [0.3, 0.4) is 0 Å². The lowest BCUT2D eigenvalue weighted by Crippen LogP contribution is -2.37. The normalized spacial score (nSPS) is 16.6. The van der Waals surface area contributed by atoms with E-state index >= 15 is 0 Å². The Hall–Kier alpha value is -1.79. The summed E-state index contributed by atoms with van der Waals surface area (Å²) in [6.07, 6.45) is 2.93. The minimum Gasteiger partial charge on any atom is -0.494 e. The number of anilines is 1. The Morgan fingerprint density at radius 1 is 1.29 bits per heavy atom. The smallest absolute Gasteiger partial charge is 0.305 e. The van der Waals surface area contributed by atoms with E-state index in [9.17, 15) is 9.59 Å². The van der Waals surface area contributed by atoms with Gasteiger partial charge in [0.2, 0.25) is 5.91 Å². The molecule has 2 N–H and O–H groups in total. The van der Waals surface area contributed by atoms with Crippen molar-refractivity contribution in [1.29, 1.82) is 0 Å². The topological polar surface area (TPSA) is 76.7 Å². The van der Waals surface area contributed by atoms with Gasteiger partial charge in [-0.15, -0.1) is 12.4 Å². The number of carbonyl (C=O) groups is 2. The van der Waals surface area contributed by atoms with Crippen LogP contribution >= 0.6 is 12.4 Å². The zero-order valence-corrected chi connectivity index (χ0v) is 14.7. The molecule has 2 rings (SSSR count). The summed E-state index contributed by atoms with van der Waals surface area (Å²) in [7, 11) is 1.37. The maximum Gasteiger partial charge on any atom is 0.305 e. The summed E-state index contributed by atoms with van der Waals surface area (Å²) < 4.78 is 10.1. The van der Waals surface area contributed by atoms with Crippen molar-refractivity contribution in [3.05, 3.63) is 24.3 Å². The summed E-state index contributed by atoms with van der Waals surface area (Å²) >= 11 is 0. The molecule has 1 saturated heterocycles. The number of rotatable bonds is 7. The maximum atomic E-state index is 12.1. The second-order valence-corrected chi connectivity index (χ2v) is 5.59. The molecule has 1 aliphatic rings. The predicted molar refractivity (Wildman–Crippen MR) is 94.7 cm³/mol. The average molecular weight is 357 g/mol. The Morgan fingerprint density at radius 3 is 2.67 bits per heavy atom. The van der Waals surface area contributed by atoms with Gasteiger partial charge in [-0.05, 0) is 50.1 Å². The van der Waals surface area contributed by atoms with Crippen LogP contribution in [0.1, 0.15) is 25.7 Å². The number of piperidine rings is 1. The lowest BCUT2D eigenvalue weighted by atomic mass is 9.99. The van der Waals surface area contributed by atoms with Crippen molar-refractivity contribution in [2.45, 2.75) is 25.7 Å². The number of hydrogen-bond acceptors (Lipinski definition) is 5. The van der Waals surface area contributed by atoms with Crippen LogP contribution in [-0.2, 0) is 14.3 Å². The first-order valence-electron chi connectivity index (χ1n) is 8.00. The van der Waals surface area contributed by atoms with Crippen LogP contribution in [0.4, 0.5) is 5.69 Å². The molecule has 1 heterocycles. The number of hydrogen-bond donors (Lipinski definition) is 2. The number of methoxy groups -OCH3 is 1. The van der Waals surface area contributed by atoms with Crippen molar-refractivity contribution in [3.63, 3.8) is 0 Å². The van der Waals surface area contributed by atoms with Gasteiger partial charge in [0, 0.05) is 18.7 Å². The molecule has 134 valence electrons. The average Bonchev–Trinajstić information content (AvgIpc) is 2.60. The number of benzene rings is 1. The van der Waals surface area contributed by atoms with E-state index in [-0.39, 0.29) is 30.2 Å². The molecule has 24 heavy (non-hydrogen) atoms. The van der Waals surface area contributed by atoms with Crippen LogP contribution in [0.25, 0.3) is 0 Å². The summed E-state index contributed by atoms with van der Waals surface area (Å²) in [5, 5.41) is 6.17. The lowest BCUT2D eigenvalue weighted by Gasteiger charge is -2.21. The third-order valence-corrected chi connectivity index (χ3v) is 3.81. The van der Waals surface area contributed by atoms with E-state index in [0.29, 0.717) is 25.2 Å². The highest BCUT2D eigenvalue weighted by Crippen LogP contribution is 2.18. The molecule has 7 heteroatoms. The molecular formula is C17H25ClN2O4. The first-order valence-corrected chi connectivity index (χ1v) is 8.00. The van der Waals surface area contributed by atoms with Crippen LogP contribution in [0, 0.1) is 5.92 Å². The van der Waals surface area contributed by atoms with Crippen LogP contribution in [0.15, 0.2) is 24.3 Å². The van der Waals surface area contributed by atoms with Crippen molar-refractivity contribution in [3.8, 4) is 5.75 Å². The quantitative estimate of drug-likeness (QED) is 0.579. The molecule has 0 aromatic heterocycles. The Labute approximate surface area is 148 Å². The summed E-state index contributed by atoms with van der Waals surface area (Å²) in [5.41, 5.74) is 0.766. The Morgan fingerprint density at radius 2 is 2.04 bits per heavy atom. The predicted octanol–water partition coefficient (Wildman–Crippen LogP) is 2.38. The van der Waals surface area contributed by atoms with Gasteiger partial charge in [-0.3, -0.25) is 9.59 Å². The van der Waals surface area contributed by atoms with Gasteiger partial charge in [0.25, 0.3) is 0 Å². The molecule has 0 aliphatic carbocycles. The highest BCUT2D eigenvalue weighted by Gasteiger charge is 2.20. The highest BCUT2D eigenvalue weighted by atomic mass is 35.5. The van der Waals surface area contributed by atoms with E-state index in [1.165, 1.54) is 7.11 Å². The molecular weight excluding hydrogens is 332 g/mol. The second-order valence-electron chi connectivity index (χ2n) is 5.59. The molecule has 1 aromatic rings. The van der Waals surface area contributed by atoms with Gasteiger partial charge < -0.3 is 20.1 Å². The van der Waals surface area contributed by atoms with Gasteiger partial charge in [-0.2, -0.15) is 0 Å². The van der Waals surface area contributed by atoms with Crippen molar-refractivity contribution in [2.24, 2.45) is 5.92 Å². The number of amides is 1. The summed E-state index contributed by atoms with van der Waals surface area (Å²) in [4.78, 5) is 23.1. The van der Waals surface area contributed by atoms with Gasteiger partial charge in [0.15, 0.2) is 0 Å². The number of halogens is 1. The summed E-state index contributed by atoms with van der Waals surface area (Å²) in [5.74, 6) is 0.581. The molecule has 0 saturated carbocycles. The molecule has 0 radical (unpaired) electrons. The van der Waals surface area contributed by atoms with Crippen molar-refractivity contribution in [2.75, 3.05) is 32.1 Å². The number of nitrogens with one attached hydrogen (secondary N) is 2. The van der Waals surface area contributed by atoms with Gasteiger partial charge in [-0.25, -0.2) is 0 Å². The first kappa shape index (κ1) is 20.3. The zero-order chi connectivity index (χ0) is 16.5. The standard InChI is InChI=1S/C17H24N2O4.ClH/c1-22-16(20)5-3-11-23-15-8-6-14(7-9-15)19-17(21)13-4-2-10-18-12-13;/h6-9,13,18H,2-5,10-12H2,1H3,(H,19,21);1H. The molecule has 1 unspecified atom stereocenters.